The molecular formula is C5HBrF2N2O2. The first-order chi connectivity index (χ1) is 5.54. The van der Waals surface area contributed by atoms with Gasteiger partial charge in [-0.2, -0.15) is 4.39 Å². The molecule has 0 aliphatic heterocycles. The van der Waals surface area contributed by atoms with Crippen LogP contribution < -0.4 is 0 Å². The zero-order chi connectivity index (χ0) is 9.30. The zero-order valence-corrected chi connectivity index (χ0v) is 7.01. The average molecular weight is 239 g/mol. The predicted octanol–water partition coefficient (Wildman–Crippen LogP) is 2.03. The molecule has 0 N–H and O–H groups in total. The van der Waals surface area contributed by atoms with Crippen molar-refractivity contribution in [3.8, 4) is 0 Å². The second kappa shape index (κ2) is 3.10. The van der Waals surface area contributed by atoms with Crippen molar-refractivity contribution >= 4 is 21.6 Å². The van der Waals surface area contributed by atoms with Gasteiger partial charge in [-0.3, -0.25) is 10.1 Å². The van der Waals surface area contributed by atoms with Gasteiger partial charge in [0, 0.05) is 0 Å². The third-order valence-corrected chi connectivity index (χ3v) is 1.84. The van der Waals surface area contributed by atoms with Crippen LogP contribution in [0.1, 0.15) is 0 Å². The number of aromatic nitrogens is 1. The largest absolute Gasteiger partial charge is 0.341 e. The smallest absolute Gasteiger partial charge is 0.258 e. The van der Waals surface area contributed by atoms with Crippen LogP contribution >= 0.6 is 15.9 Å². The quantitative estimate of drug-likeness (QED) is 0.428. The zero-order valence-electron chi connectivity index (χ0n) is 5.42. The van der Waals surface area contributed by atoms with Crippen LogP contribution in [0.5, 0.6) is 0 Å². The number of nitro groups is 1. The minimum absolute atomic E-state index is 0.528. The Labute approximate surface area is 73.5 Å². The summed E-state index contributed by atoms with van der Waals surface area (Å²) in [4.78, 5) is 11.9. The molecule has 1 aromatic heterocycles. The molecule has 0 bridgehead atoms. The Morgan fingerprint density at radius 3 is 2.58 bits per heavy atom. The topological polar surface area (TPSA) is 56.0 Å². The Morgan fingerprint density at radius 2 is 2.17 bits per heavy atom. The maximum absolute atomic E-state index is 12.5. The molecule has 0 amide bonds. The van der Waals surface area contributed by atoms with Crippen molar-refractivity contribution in [2.45, 2.75) is 0 Å². The molecule has 64 valence electrons. The summed E-state index contributed by atoms with van der Waals surface area (Å²) in [6, 6.07) is 0. The van der Waals surface area contributed by atoms with Gasteiger partial charge in [-0.1, -0.05) is 0 Å². The van der Waals surface area contributed by atoms with Gasteiger partial charge in [0.15, 0.2) is 5.82 Å². The van der Waals surface area contributed by atoms with Crippen molar-refractivity contribution < 1.29 is 13.7 Å². The molecule has 0 aliphatic carbocycles. The standard InChI is InChI=1S/C5HBrF2N2O2/c6-3-2(7)1-9-5(8)4(3)10(11)12/h1H. The van der Waals surface area contributed by atoms with Crippen LogP contribution in [0.3, 0.4) is 0 Å². The second-order valence-electron chi connectivity index (χ2n) is 1.82. The molecule has 0 saturated carbocycles. The highest BCUT2D eigenvalue weighted by molar-refractivity contribution is 9.10. The summed E-state index contributed by atoms with van der Waals surface area (Å²) in [6.07, 6.45) is 0.562. The fourth-order valence-corrected chi connectivity index (χ4v) is 1.00. The van der Waals surface area contributed by atoms with Crippen LogP contribution in [0.25, 0.3) is 0 Å². The van der Waals surface area contributed by atoms with E-state index in [1.54, 1.807) is 0 Å². The monoisotopic (exact) mass is 238 g/mol. The molecule has 7 heteroatoms. The van der Waals surface area contributed by atoms with Crippen molar-refractivity contribution in [3.63, 3.8) is 0 Å². The van der Waals surface area contributed by atoms with Crippen molar-refractivity contribution in [2.75, 3.05) is 0 Å². The lowest BCUT2D eigenvalue weighted by Crippen LogP contribution is -1.98. The Kier molecular flexibility index (Phi) is 2.32. The van der Waals surface area contributed by atoms with Crippen LogP contribution in [0.15, 0.2) is 10.7 Å². The minimum Gasteiger partial charge on any atom is -0.258 e. The number of hydrogen-bond acceptors (Lipinski definition) is 3. The molecule has 0 unspecified atom stereocenters. The molecule has 1 rings (SSSR count). The molecule has 0 fully saturated rings. The van der Waals surface area contributed by atoms with E-state index >= 15 is 0 Å². The van der Waals surface area contributed by atoms with Crippen molar-refractivity contribution in [3.05, 3.63) is 32.5 Å². The van der Waals surface area contributed by atoms with E-state index in [1.165, 1.54) is 0 Å². The van der Waals surface area contributed by atoms with E-state index in [-0.39, 0.29) is 0 Å². The molecular weight excluding hydrogens is 238 g/mol. The molecule has 0 saturated heterocycles. The first kappa shape index (κ1) is 8.98. The minimum atomic E-state index is -1.31. The summed E-state index contributed by atoms with van der Waals surface area (Å²) in [5, 5.41) is 10.1. The van der Waals surface area contributed by atoms with Gasteiger partial charge in [-0.15, -0.1) is 0 Å². The van der Waals surface area contributed by atoms with Gasteiger partial charge < -0.3 is 0 Å². The maximum Gasteiger partial charge on any atom is 0.341 e. The average Bonchev–Trinajstić information content (AvgIpc) is 1.97. The highest BCUT2D eigenvalue weighted by Crippen LogP contribution is 2.28. The number of pyridine rings is 1. The summed E-state index contributed by atoms with van der Waals surface area (Å²) in [5.74, 6) is -2.28. The Balaban J connectivity index is 3.43. The lowest BCUT2D eigenvalue weighted by molar-refractivity contribution is -0.389. The molecule has 12 heavy (non-hydrogen) atoms. The van der Waals surface area contributed by atoms with Crippen LogP contribution in [-0.2, 0) is 0 Å². The van der Waals surface area contributed by atoms with Crippen LogP contribution in [0, 0.1) is 21.9 Å². The third kappa shape index (κ3) is 1.40. The fourth-order valence-electron chi connectivity index (χ4n) is 0.590. The first-order valence-corrected chi connectivity index (χ1v) is 3.47. The first-order valence-electron chi connectivity index (χ1n) is 2.68. The van der Waals surface area contributed by atoms with Gasteiger partial charge in [0.1, 0.15) is 4.47 Å². The summed E-state index contributed by atoms with van der Waals surface area (Å²) in [7, 11) is 0. The van der Waals surface area contributed by atoms with Crippen molar-refractivity contribution in [1.29, 1.82) is 0 Å². The van der Waals surface area contributed by atoms with E-state index in [2.05, 4.69) is 20.9 Å². The lowest BCUT2D eigenvalue weighted by Gasteiger charge is -1.95. The molecule has 1 heterocycles. The molecule has 4 nitrogen and oxygen atoms in total. The number of rotatable bonds is 1. The molecule has 1 aromatic rings. The van der Waals surface area contributed by atoms with Gasteiger partial charge in [0.25, 0.3) is 5.95 Å². The highest BCUT2D eigenvalue weighted by atomic mass is 79.9. The van der Waals surface area contributed by atoms with Crippen molar-refractivity contribution in [2.24, 2.45) is 0 Å². The molecule has 0 aliphatic rings. The summed E-state index contributed by atoms with van der Waals surface area (Å²) in [5.41, 5.74) is -0.991. The number of hydrogen-bond donors (Lipinski definition) is 0. The van der Waals surface area contributed by atoms with Crippen LogP contribution in [0.4, 0.5) is 14.5 Å². The summed E-state index contributed by atoms with van der Waals surface area (Å²) >= 11 is 2.53. The van der Waals surface area contributed by atoms with Gasteiger partial charge in [-0.05, 0) is 15.9 Å². The van der Waals surface area contributed by atoms with Crippen LogP contribution in [-0.4, -0.2) is 9.91 Å². The third-order valence-electron chi connectivity index (χ3n) is 1.09. The lowest BCUT2D eigenvalue weighted by atomic mass is 10.4. The Morgan fingerprint density at radius 1 is 1.58 bits per heavy atom. The number of nitrogens with zero attached hydrogens (tertiary/aromatic N) is 2. The molecule has 0 radical (unpaired) electrons. The van der Waals surface area contributed by atoms with E-state index < -0.39 is 26.8 Å². The van der Waals surface area contributed by atoms with E-state index in [0.29, 0.717) is 6.20 Å². The Hall–Kier alpha value is -1.11. The second-order valence-corrected chi connectivity index (χ2v) is 2.61. The van der Waals surface area contributed by atoms with Gasteiger partial charge >= 0.3 is 5.69 Å². The summed E-state index contributed by atoms with van der Waals surface area (Å²) < 4.78 is 24.5. The predicted molar refractivity (Wildman–Crippen MR) is 38.5 cm³/mol. The normalized spacial score (nSPS) is 9.92. The molecule has 0 spiro atoms. The Bertz CT molecular complexity index is 344. The van der Waals surface area contributed by atoms with Crippen molar-refractivity contribution in [1.82, 2.24) is 4.98 Å². The van der Waals surface area contributed by atoms with Gasteiger partial charge in [0.2, 0.25) is 0 Å². The van der Waals surface area contributed by atoms with Gasteiger partial charge in [-0.25, -0.2) is 9.37 Å². The summed E-state index contributed by atoms with van der Waals surface area (Å²) in [6.45, 7) is 0. The fraction of sp³-hybridized carbons (Fsp3) is 0. The highest BCUT2D eigenvalue weighted by Gasteiger charge is 2.23. The van der Waals surface area contributed by atoms with Gasteiger partial charge in [0.05, 0.1) is 11.1 Å². The van der Waals surface area contributed by atoms with E-state index in [9.17, 15) is 18.9 Å². The van der Waals surface area contributed by atoms with Crippen LogP contribution in [0.2, 0.25) is 0 Å². The van der Waals surface area contributed by atoms with E-state index in [0.717, 1.165) is 0 Å². The molecule has 0 atom stereocenters. The van der Waals surface area contributed by atoms with E-state index in [1.807, 2.05) is 0 Å². The van der Waals surface area contributed by atoms with E-state index in [4.69, 9.17) is 0 Å². The number of halogens is 3. The molecule has 0 aromatic carbocycles. The SMILES string of the molecule is O=[N+]([O-])c1c(F)ncc(F)c1Br. The maximum atomic E-state index is 12.5.